The number of nitrogens with zero attached hydrogens (tertiary/aromatic N) is 5. The van der Waals surface area contributed by atoms with Crippen LogP contribution in [0, 0.1) is 6.92 Å². The Kier molecular flexibility index (Phi) is 5.32. The molecule has 1 aromatic carbocycles. The Morgan fingerprint density at radius 1 is 1.10 bits per heavy atom. The quantitative estimate of drug-likeness (QED) is 0.708. The third kappa shape index (κ3) is 3.46. The van der Waals surface area contributed by atoms with Crippen LogP contribution in [0.4, 0.5) is 4.79 Å². The van der Waals surface area contributed by atoms with Crippen molar-refractivity contribution < 1.29 is 14.4 Å². The average Bonchev–Trinajstić information content (AvgIpc) is 3.24. The first-order valence-electron chi connectivity index (χ1n) is 10.4. The van der Waals surface area contributed by atoms with Crippen LogP contribution in [0.1, 0.15) is 31.0 Å². The zero-order valence-electron chi connectivity index (χ0n) is 17.5. The normalized spacial score (nSPS) is 18.5. The number of imide groups is 1. The summed E-state index contributed by atoms with van der Waals surface area (Å²) in [5, 5.41) is 4.27. The number of aryl methyl sites for hydroxylation is 1. The zero-order chi connectivity index (χ0) is 21.3. The number of carbonyl (C=O) groups is 3. The van der Waals surface area contributed by atoms with Crippen molar-refractivity contribution in [2.24, 2.45) is 0 Å². The van der Waals surface area contributed by atoms with Gasteiger partial charge in [0.2, 0.25) is 5.91 Å². The highest BCUT2D eigenvalue weighted by Crippen LogP contribution is 2.38. The molecule has 0 saturated carbocycles. The summed E-state index contributed by atoms with van der Waals surface area (Å²) in [6.45, 7) is 5.52. The molecule has 2 aromatic rings. The molecule has 3 heterocycles. The van der Waals surface area contributed by atoms with Crippen molar-refractivity contribution >= 4 is 17.8 Å². The van der Waals surface area contributed by atoms with E-state index in [4.69, 9.17) is 0 Å². The van der Waals surface area contributed by atoms with E-state index in [9.17, 15) is 14.4 Å². The lowest BCUT2D eigenvalue weighted by atomic mass is 9.85. The van der Waals surface area contributed by atoms with Gasteiger partial charge in [0, 0.05) is 32.4 Å². The summed E-state index contributed by atoms with van der Waals surface area (Å²) >= 11 is 0. The SMILES string of the molecule is CCN1C(=O)N(Cc2ccccc2)C2(CCN(C(=O)Cn3ccc(C)n3)CC2)C1=O. The molecule has 8 nitrogen and oxygen atoms in total. The van der Waals surface area contributed by atoms with Gasteiger partial charge in [-0.25, -0.2) is 4.79 Å². The maximum atomic E-state index is 13.2. The molecule has 2 aliphatic rings. The minimum atomic E-state index is -0.873. The van der Waals surface area contributed by atoms with Crippen LogP contribution in [0.5, 0.6) is 0 Å². The molecule has 4 rings (SSSR count). The second kappa shape index (κ2) is 7.93. The van der Waals surface area contributed by atoms with Gasteiger partial charge in [-0.15, -0.1) is 0 Å². The number of hydrogen-bond donors (Lipinski definition) is 0. The summed E-state index contributed by atoms with van der Waals surface area (Å²) in [4.78, 5) is 43.8. The van der Waals surface area contributed by atoms with Gasteiger partial charge >= 0.3 is 6.03 Å². The zero-order valence-corrected chi connectivity index (χ0v) is 17.5. The molecule has 0 atom stereocenters. The molecule has 2 fully saturated rings. The molecular weight excluding hydrogens is 382 g/mol. The third-order valence-electron chi connectivity index (χ3n) is 6.14. The topological polar surface area (TPSA) is 78.8 Å². The van der Waals surface area contributed by atoms with Crippen LogP contribution in [-0.4, -0.2) is 67.5 Å². The standard InChI is InChI=1S/C22H27N5O3/c1-3-26-20(29)22(27(21(26)30)15-18-7-5-4-6-8-18)10-13-24(14-11-22)19(28)16-25-12-9-17(2)23-25/h4-9,12H,3,10-11,13-16H2,1-2H3. The van der Waals surface area contributed by atoms with E-state index in [1.807, 2.05) is 50.2 Å². The summed E-state index contributed by atoms with van der Waals surface area (Å²) in [6.07, 6.45) is 2.69. The van der Waals surface area contributed by atoms with Crippen molar-refractivity contribution in [3.05, 3.63) is 53.9 Å². The van der Waals surface area contributed by atoms with Gasteiger partial charge in [-0.3, -0.25) is 19.2 Å². The number of rotatable bonds is 5. The molecule has 1 spiro atoms. The number of likely N-dealkylation sites (N-methyl/N-ethyl adjacent to an activating group) is 1. The predicted octanol–water partition coefficient (Wildman–Crippen LogP) is 2.04. The summed E-state index contributed by atoms with van der Waals surface area (Å²) in [6, 6.07) is 11.3. The van der Waals surface area contributed by atoms with Gasteiger partial charge in [-0.05, 0) is 38.3 Å². The van der Waals surface area contributed by atoms with Crippen molar-refractivity contribution in [3.63, 3.8) is 0 Å². The van der Waals surface area contributed by atoms with Crippen LogP contribution in [-0.2, 0) is 22.7 Å². The van der Waals surface area contributed by atoms with E-state index in [0.29, 0.717) is 39.0 Å². The van der Waals surface area contributed by atoms with Crippen LogP contribution in [0.25, 0.3) is 0 Å². The number of likely N-dealkylation sites (tertiary alicyclic amines) is 1. The molecule has 2 aliphatic heterocycles. The Labute approximate surface area is 176 Å². The number of hydrogen-bond acceptors (Lipinski definition) is 4. The van der Waals surface area contributed by atoms with Gasteiger partial charge < -0.3 is 9.80 Å². The van der Waals surface area contributed by atoms with E-state index >= 15 is 0 Å². The third-order valence-corrected chi connectivity index (χ3v) is 6.14. The van der Waals surface area contributed by atoms with Gasteiger partial charge in [0.05, 0.1) is 5.69 Å². The minimum absolute atomic E-state index is 0.0216. The summed E-state index contributed by atoms with van der Waals surface area (Å²) in [5.74, 6) is -0.160. The maximum absolute atomic E-state index is 13.2. The Morgan fingerprint density at radius 2 is 1.80 bits per heavy atom. The van der Waals surface area contributed by atoms with E-state index in [1.165, 1.54) is 4.90 Å². The van der Waals surface area contributed by atoms with Gasteiger partial charge in [-0.2, -0.15) is 5.10 Å². The molecule has 2 saturated heterocycles. The monoisotopic (exact) mass is 409 g/mol. The lowest BCUT2D eigenvalue weighted by Gasteiger charge is -2.42. The first-order valence-corrected chi connectivity index (χ1v) is 10.4. The molecule has 30 heavy (non-hydrogen) atoms. The van der Waals surface area contributed by atoms with Crippen LogP contribution in [0.3, 0.4) is 0 Å². The van der Waals surface area contributed by atoms with Crippen LogP contribution >= 0.6 is 0 Å². The molecular formula is C22H27N5O3. The molecule has 0 aliphatic carbocycles. The molecule has 4 amide bonds. The largest absolute Gasteiger partial charge is 0.341 e. The average molecular weight is 409 g/mol. The maximum Gasteiger partial charge on any atom is 0.327 e. The lowest BCUT2D eigenvalue weighted by molar-refractivity contribution is -0.141. The molecule has 0 unspecified atom stereocenters. The number of urea groups is 1. The van der Waals surface area contributed by atoms with E-state index in [-0.39, 0.29) is 24.4 Å². The fourth-order valence-corrected chi connectivity index (χ4v) is 4.45. The minimum Gasteiger partial charge on any atom is -0.341 e. The van der Waals surface area contributed by atoms with Crippen molar-refractivity contribution in [2.75, 3.05) is 19.6 Å². The number of carbonyl (C=O) groups excluding carboxylic acids is 3. The van der Waals surface area contributed by atoms with E-state index in [1.54, 1.807) is 20.7 Å². The number of piperidine rings is 1. The number of amides is 4. The molecule has 0 radical (unpaired) electrons. The highest BCUT2D eigenvalue weighted by Gasteiger charge is 2.57. The molecule has 8 heteroatoms. The highest BCUT2D eigenvalue weighted by atomic mass is 16.2. The van der Waals surface area contributed by atoms with Crippen LogP contribution < -0.4 is 0 Å². The molecule has 0 bridgehead atoms. The Balaban J connectivity index is 1.50. The number of aromatic nitrogens is 2. The Morgan fingerprint density at radius 3 is 2.40 bits per heavy atom. The van der Waals surface area contributed by atoms with Gasteiger partial charge in [0.15, 0.2) is 0 Å². The highest BCUT2D eigenvalue weighted by molar-refractivity contribution is 6.07. The van der Waals surface area contributed by atoms with Crippen molar-refractivity contribution in [2.45, 2.75) is 45.3 Å². The molecule has 0 N–H and O–H groups in total. The van der Waals surface area contributed by atoms with Crippen molar-refractivity contribution in [3.8, 4) is 0 Å². The Hall–Kier alpha value is -3.16. The first-order chi connectivity index (χ1) is 14.4. The second-order valence-corrected chi connectivity index (χ2v) is 7.97. The Bertz CT molecular complexity index is 947. The molecule has 158 valence electrons. The molecule has 1 aromatic heterocycles. The number of benzene rings is 1. The van der Waals surface area contributed by atoms with Crippen LogP contribution in [0.2, 0.25) is 0 Å². The van der Waals surface area contributed by atoms with Gasteiger partial charge in [0.25, 0.3) is 5.91 Å². The van der Waals surface area contributed by atoms with Crippen molar-refractivity contribution in [1.82, 2.24) is 24.5 Å². The van der Waals surface area contributed by atoms with Crippen LogP contribution in [0.15, 0.2) is 42.6 Å². The lowest BCUT2D eigenvalue weighted by Crippen LogP contribution is -2.57. The van der Waals surface area contributed by atoms with Gasteiger partial charge in [0.1, 0.15) is 12.1 Å². The van der Waals surface area contributed by atoms with E-state index in [2.05, 4.69) is 5.10 Å². The fourth-order valence-electron chi connectivity index (χ4n) is 4.45. The van der Waals surface area contributed by atoms with E-state index < -0.39 is 5.54 Å². The predicted molar refractivity (Wildman–Crippen MR) is 110 cm³/mol. The first kappa shape index (κ1) is 20.1. The van der Waals surface area contributed by atoms with Gasteiger partial charge in [-0.1, -0.05) is 30.3 Å². The second-order valence-electron chi connectivity index (χ2n) is 7.97. The smallest absolute Gasteiger partial charge is 0.327 e. The summed E-state index contributed by atoms with van der Waals surface area (Å²) < 4.78 is 1.63. The van der Waals surface area contributed by atoms with E-state index in [0.717, 1.165) is 11.3 Å². The summed E-state index contributed by atoms with van der Waals surface area (Å²) in [5.41, 5.74) is 0.984. The fraction of sp³-hybridized carbons (Fsp3) is 0.455. The van der Waals surface area contributed by atoms with Crippen molar-refractivity contribution in [1.29, 1.82) is 0 Å². The summed E-state index contributed by atoms with van der Waals surface area (Å²) in [7, 11) is 0.